The molecule has 0 spiro atoms. The number of hydroxylamine groups is 1. The molecule has 0 aromatic carbocycles. The first-order valence-corrected chi connectivity index (χ1v) is 4.59. The molecule has 0 aromatic heterocycles. The smallest absolute Gasteiger partial charge is 0.327 e. The fraction of sp³-hybridized carbons (Fsp3) is 0.875. The molecular formula is C8H15NO5. The summed E-state index contributed by atoms with van der Waals surface area (Å²) in [6.07, 6.45) is 0. The Kier molecular flexibility index (Phi) is 4.81. The van der Waals surface area contributed by atoms with Gasteiger partial charge in [0.2, 0.25) is 0 Å². The number of ether oxygens (including phenoxy) is 3. The van der Waals surface area contributed by atoms with Crippen molar-refractivity contribution >= 4 is 5.97 Å². The first-order valence-electron chi connectivity index (χ1n) is 4.59. The van der Waals surface area contributed by atoms with Gasteiger partial charge in [0.1, 0.15) is 0 Å². The minimum absolute atomic E-state index is 0.184. The zero-order valence-electron chi connectivity index (χ0n) is 8.32. The highest BCUT2D eigenvalue weighted by molar-refractivity contribution is 5.75. The Morgan fingerprint density at radius 2 is 2.29 bits per heavy atom. The van der Waals surface area contributed by atoms with Gasteiger partial charge < -0.3 is 14.2 Å². The van der Waals surface area contributed by atoms with Gasteiger partial charge in [-0.1, -0.05) is 0 Å². The van der Waals surface area contributed by atoms with Crippen LogP contribution in [0.5, 0.6) is 0 Å². The Bertz CT molecular complexity index is 179. The second-order valence-corrected chi connectivity index (χ2v) is 2.62. The molecule has 82 valence electrons. The minimum atomic E-state index is -0.745. The van der Waals surface area contributed by atoms with Crippen molar-refractivity contribution in [1.29, 1.82) is 0 Å². The largest absolute Gasteiger partial charge is 0.465 e. The van der Waals surface area contributed by atoms with E-state index >= 15 is 0 Å². The van der Waals surface area contributed by atoms with E-state index in [2.05, 4.69) is 5.48 Å². The Morgan fingerprint density at radius 1 is 1.50 bits per heavy atom. The summed E-state index contributed by atoms with van der Waals surface area (Å²) >= 11 is 0. The van der Waals surface area contributed by atoms with Crippen LogP contribution in [0, 0.1) is 0 Å². The molecular weight excluding hydrogens is 190 g/mol. The van der Waals surface area contributed by atoms with E-state index in [0.717, 1.165) is 0 Å². The van der Waals surface area contributed by atoms with Crippen LogP contribution in [-0.2, 0) is 23.8 Å². The lowest BCUT2D eigenvalue weighted by Gasteiger charge is -2.27. The lowest BCUT2D eigenvalue weighted by atomic mass is 10.3. The molecule has 1 N–H and O–H groups in total. The quantitative estimate of drug-likeness (QED) is 0.640. The Labute approximate surface area is 82.4 Å². The molecule has 6 nitrogen and oxygen atoms in total. The van der Waals surface area contributed by atoms with Gasteiger partial charge >= 0.3 is 5.97 Å². The van der Waals surface area contributed by atoms with Crippen LogP contribution in [-0.4, -0.2) is 38.3 Å². The zero-order chi connectivity index (χ0) is 10.4. The average Bonchev–Trinajstić information content (AvgIpc) is 2.20. The van der Waals surface area contributed by atoms with Crippen LogP contribution >= 0.6 is 0 Å². The maximum absolute atomic E-state index is 11.2. The number of rotatable bonds is 4. The summed E-state index contributed by atoms with van der Waals surface area (Å²) in [6, 6.07) is -0.577. The van der Waals surface area contributed by atoms with Crippen molar-refractivity contribution in [3.63, 3.8) is 0 Å². The van der Waals surface area contributed by atoms with E-state index in [9.17, 15) is 4.79 Å². The van der Waals surface area contributed by atoms with Crippen LogP contribution < -0.4 is 5.48 Å². The predicted molar refractivity (Wildman–Crippen MR) is 46.0 cm³/mol. The standard InChI is InChI=1S/C8H15NO5/c1-3-11-7(10)6-5-13-8(12-4-2)14-9-6/h6,8-9H,3-5H2,1-2H3/t6-,8?/m0/s1. The monoisotopic (exact) mass is 205 g/mol. The van der Waals surface area contributed by atoms with Crippen molar-refractivity contribution in [3.8, 4) is 0 Å². The number of esters is 1. The molecule has 1 rings (SSSR count). The maximum Gasteiger partial charge on any atom is 0.327 e. The van der Waals surface area contributed by atoms with Gasteiger partial charge in [-0.3, -0.25) is 4.79 Å². The average molecular weight is 205 g/mol. The van der Waals surface area contributed by atoms with Crippen molar-refractivity contribution in [2.24, 2.45) is 0 Å². The topological polar surface area (TPSA) is 66.0 Å². The summed E-state index contributed by atoms with van der Waals surface area (Å²) < 4.78 is 14.9. The number of carbonyl (C=O) groups is 1. The highest BCUT2D eigenvalue weighted by Crippen LogP contribution is 2.05. The maximum atomic E-state index is 11.2. The second kappa shape index (κ2) is 5.92. The summed E-state index contributed by atoms with van der Waals surface area (Å²) in [5.74, 6) is -0.387. The van der Waals surface area contributed by atoms with Gasteiger partial charge in [-0.05, 0) is 13.8 Å². The minimum Gasteiger partial charge on any atom is -0.465 e. The molecule has 1 aliphatic rings. The number of nitrogens with one attached hydrogen (secondary N) is 1. The fourth-order valence-electron chi connectivity index (χ4n) is 0.958. The van der Waals surface area contributed by atoms with E-state index in [1.165, 1.54) is 0 Å². The van der Waals surface area contributed by atoms with Gasteiger partial charge in [0, 0.05) is 6.61 Å². The zero-order valence-corrected chi connectivity index (χ0v) is 8.32. The molecule has 1 fully saturated rings. The Balaban J connectivity index is 2.24. The van der Waals surface area contributed by atoms with Gasteiger partial charge in [-0.2, -0.15) is 5.48 Å². The van der Waals surface area contributed by atoms with Crippen molar-refractivity contribution < 1.29 is 23.8 Å². The molecule has 1 heterocycles. The number of hydrogen-bond donors (Lipinski definition) is 1. The van der Waals surface area contributed by atoms with Crippen molar-refractivity contribution in [2.45, 2.75) is 26.4 Å². The molecule has 1 aliphatic heterocycles. The van der Waals surface area contributed by atoms with Crippen molar-refractivity contribution in [3.05, 3.63) is 0 Å². The molecule has 0 aromatic rings. The van der Waals surface area contributed by atoms with Crippen molar-refractivity contribution in [2.75, 3.05) is 19.8 Å². The second-order valence-electron chi connectivity index (χ2n) is 2.62. The molecule has 1 unspecified atom stereocenters. The Hall–Kier alpha value is -0.690. The molecule has 0 aliphatic carbocycles. The molecule has 0 amide bonds. The molecule has 1 saturated heterocycles. The molecule has 6 heteroatoms. The van der Waals surface area contributed by atoms with E-state index in [1.807, 2.05) is 6.92 Å². The summed E-state index contributed by atoms with van der Waals surface area (Å²) in [6.45, 7) is 3.83. The van der Waals surface area contributed by atoms with Crippen molar-refractivity contribution in [1.82, 2.24) is 5.48 Å². The van der Waals surface area contributed by atoms with E-state index in [0.29, 0.717) is 13.2 Å². The summed E-state index contributed by atoms with van der Waals surface area (Å²) in [7, 11) is 0. The van der Waals surface area contributed by atoms with Crippen LogP contribution in [0.2, 0.25) is 0 Å². The van der Waals surface area contributed by atoms with Crippen LogP contribution in [0.3, 0.4) is 0 Å². The normalized spacial score (nSPS) is 27.3. The van der Waals surface area contributed by atoms with Crippen LogP contribution in [0.1, 0.15) is 13.8 Å². The van der Waals surface area contributed by atoms with Gasteiger partial charge in [0.15, 0.2) is 6.04 Å². The fourth-order valence-corrected chi connectivity index (χ4v) is 0.958. The highest BCUT2D eigenvalue weighted by atomic mass is 16.9. The predicted octanol–water partition coefficient (Wildman–Crippen LogP) is -0.210. The molecule has 0 radical (unpaired) electrons. The van der Waals surface area contributed by atoms with E-state index in [1.54, 1.807) is 6.92 Å². The summed E-state index contributed by atoms with van der Waals surface area (Å²) in [5, 5.41) is 0. The third-order valence-corrected chi connectivity index (χ3v) is 1.58. The summed E-state index contributed by atoms with van der Waals surface area (Å²) in [4.78, 5) is 16.1. The van der Waals surface area contributed by atoms with Gasteiger partial charge in [0.05, 0.1) is 13.2 Å². The van der Waals surface area contributed by atoms with Crippen LogP contribution in [0.15, 0.2) is 0 Å². The van der Waals surface area contributed by atoms with Gasteiger partial charge in [0.25, 0.3) is 6.48 Å². The Morgan fingerprint density at radius 3 is 2.79 bits per heavy atom. The van der Waals surface area contributed by atoms with E-state index in [4.69, 9.17) is 19.0 Å². The lowest BCUT2D eigenvalue weighted by molar-refractivity contribution is -0.342. The van der Waals surface area contributed by atoms with E-state index in [-0.39, 0.29) is 12.6 Å². The number of carbonyl (C=O) groups excluding carboxylic acids is 1. The number of hydrogen-bond acceptors (Lipinski definition) is 6. The highest BCUT2D eigenvalue weighted by Gasteiger charge is 2.28. The molecule has 0 bridgehead atoms. The van der Waals surface area contributed by atoms with Gasteiger partial charge in [-0.15, -0.1) is 0 Å². The SMILES string of the molecule is CCOC(=O)[C@@H]1COC(OCC)ON1. The first kappa shape index (κ1) is 11.4. The van der Waals surface area contributed by atoms with E-state index < -0.39 is 12.5 Å². The van der Waals surface area contributed by atoms with Crippen LogP contribution in [0.4, 0.5) is 0 Å². The lowest BCUT2D eigenvalue weighted by Crippen LogP contribution is -2.50. The molecule has 0 saturated carbocycles. The molecule has 14 heavy (non-hydrogen) atoms. The first-order chi connectivity index (χ1) is 6.77. The third kappa shape index (κ3) is 3.22. The summed E-state index contributed by atoms with van der Waals surface area (Å²) in [5.41, 5.74) is 2.51. The third-order valence-electron chi connectivity index (χ3n) is 1.58. The van der Waals surface area contributed by atoms with Gasteiger partial charge in [-0.25, -0.2) is 4.84 Å². The van der Waals surface area contributed by atoms with Crippen LogP contribution in [0.25, 0.3) is 0 Å². The molecule has 2 atom stereocenters.